The molecule has 1 N–H and O–H groups in total. The summed E-state index contributed by atoms with van der Waals surface area (Å²) in [6.07, 6.45) is 7.07. The molecule has 1 saturated carbocycles. The normalized spacial score (nSPS) is 17.0. The van der Waals surface area contributed by atoms with Crippen LogP contribution in [0.15, 0.2) is 10.6 Å². The second kappa shape index (κ2) is 4.79. The highest BCUT2D eigenvalue weighted by atomic mass is 16.4. The van der Waals surface area contributed by atoms with Crippen molar-refractivity contribution < 1.29 is 4.42 Å². The highest BCUT2D eigenvalue weighted by molar-refractivity contribution is 4.97. The molecule has 1 aliphatic carbocycles. The first-order valence-corrected chi connectivity index (χ1v) is 5.91. The third-order valence-electron chi connectivity index (χ3n) is 2.98. The fraction of sp³-hybridized carbons (Fsp3) is 0.750. The highest BCUT2D eigenvalue weighted by Crippen LogP contribution is 2.29. The molecule has 3 nitrogen and oxygen atoms in total. The lowest BCUT2D eigenvalue weighted by Gasteiger charge is -2.23. The van der Waals surface area contributed by atoms with E-state index in [9.17, 15) is 0 Å². The molecule has 1 fully saturated rings. The van der Waals surface area contributed by atoms with Gasteiger partial charge in [-0.2, -0.15) is 0 Å². The van der Waals surface area contributed by atoms with Crippen molar-refractivity contribution in [2.75, 3.05) is 0 Å². The number of hydrogen-bond donors (Lipinski definition) is 1. The van der Waals surface area contributed by atoms with Crippen LogP contribution in [0.5, 0.6) is 0 Å². The van der Waals surface area contributed by atoms with Crippen LogP contribution in [0.3, 0.4) is 0 Å². The lowest BCUT2D eigenvalue weighted by Crippen LogP contribution is -2.21. The molecule has 1 aromatic rings. The maximum absolute atomic E-state index is 5.67. The summed E-state index contributed by atoms with van der Waals surface area (Å²) in [7, 11) is 0. The Morgan fingerprint density at radius 3 is 2.93 bits per heavy atom. The smallest absolute Gasteiger partial charge is 0.208 e. The van der Waals surface area contributed by atoms with Crippen molar-refractivity contribution in [1.29, 1.82) is 0 Å². The number of rotatable bonds is 5. The van der Waals surface area contributed by atoms with E-state index in [0.29, 0.717) is 6.04 Å². The minimum Gasteiger partial charge on any atom is -0.444 e. The first-order chi connectivity index (χ1) is 7.24. The van der Waals surface area contributed by atoms with E-state index in [4.69, 9.17) is 4.42 Å². The van der Waals surface area contributed by atoms with Crippen molar-refractivity contribution in [2.45, 2.75) is 52.1 Å². The second-order valence-corrected chi connectivity index (χ2v) is 4.76. The number of nitrogens with one attached hydrogen (secondary N) is 1. The fourth-order valence-corrected chi connectivity index (χ4v) is 1.80. The Hall–Kier alpha value is -0.830. The molecular formula is C12H20N2O. The second-order valence-electron chi connectivity index (χ2n) is 4.76. The molecule has 0 radical (unpaired) electrons. The van der Waals surface area contributed by atoms with Gasteiger partial charge in [-0.25, -0.2) is 4.98 Å². The average molecular weight is 208 g/mol. The molecule has 1 aromatic heterocycles. The standard InChI is InChI=1S/C12H20N2O/c1-9(2)13-8-12-14-7-11(15-12)6-10-4-3-5-10/h7,9-10,13H,3-6,8H2,1-2H3. The summed E-state index contributed by atoms with van der Waals surface area (Å²) in [5.74, 6) is 2.72. The summed E-state index contributed by atoms with van der Waals surface area (Å²) in [6.45, 7) is 4.98. The third kappa shape index (κ3) is 3.06. The van der Waals surface area contributed by atoms with Gasteiger partial charge in [-0.3, -0.25) is 0 Å². The zero-order valence-corrected chi connectivity index (χ0v) is 9.62. The molecular weight excluding hydrogens is 188 g/mol. The molecule has 3 heteroatoms. The van der Waals surface area contributed by atoms with Gasteiger partial charge in [-0.1, -0.05) is 33.1 Å². The van der Waals surface area contributed by atoms with Gasteiger partial charge in [-0.05, 0) is 5.92 Å². The van der Waals surface area contributed by atoms with Crippen molar-refractivity contribution >= 4 is 0 Å². The molecule has 15 heavy (non-hydrogen) atoms. The van der Waals surface area contributed by atoms with E-state index >= 15 is 0 Å². The molecule has 0 bridgehead atoms. The van der Waals surface area contributed by atoms with E-state index < -0.39 is 0 Å². The topological polar surface area (TPSA) is 38.1 Å². The van der Waals surface area contributed by atoms with Crippen LogP contribution < -0.4 is 5.32 Å². The van der Waals surface area contributed by atoms with Crippen molar-refractivity contribution in [3.8, 4) is 0 Å². The minimum absolute atomic E-state index is 0.479. The van der Waals surface area contributed by atoms with Crippen molar-refractivity contribution in [3.05, 3.63) is 17.8 Å². The average Bonchev–Trinajstić information content (AvgIpc) is 2.56. The molecule has 2 rings (SSSR count). The predicted molar refractivity (Wildman–Crippen MR) is 59.5 cm³/mol. The molecule has 0 spiro atoms. The third-order valence-corrected chi connectivity index (χ3v) is 2.98. The zero-order valence-electron chi connectivity index (χ0n) is 9.62. The molecule has 0 unspecified atom stereocenters. The van der Waals surface area contributed by atoms with Crippen molar-refractivity contribution in [3.63, 3.8) is 0 Å². The summed E-state index contributed by atoms with van der Waals surface area (Å²) >= 11 is 0. The van der Waals surface area contributed by atoms with Gasteiger partial charge in [0.05, 0.1) is 12.7 Å². The summed E-state index contributed by atoms with van der Waals surface area (Å²) in [6, 6.07) is 0.479. The summed E-state index contributed by atoms with van der Waals surface area (Å²) in [4.78, 5) is 4.27. The summed E-state index contributed by atoms with van der Waals surface area (Å²) in [5, 5.41) is 3.30. The largest absolute Gasteiger partial charge is 0.444 e. The fourth-order valence-electron chi connectivity index (χ4n) is 1.80. The molecule has 1 heterocycles. The van der Waals surface area contributed by atoms with Crippen LogP contribution >= 0.6 is 0 Å². The van der Waals surface area contributed by atoms with Gasteiger partial charge in [0, 0.05) is 12.5 Å². The van der Waals surface area contributed by atoms with Gasteiger partial charge < -0.3 is 9.73 Å². The summed E-state index contributed by atoms with van der Waals surface area (Å²) in [5.41, 5.74) is 0. The van der Waals surface area contributed by atoms with Gasteiger partial charge in [0.1, 0.15) is 5.76 Å². The van der Waals surface area contributed by atoms with Gasteiger partial charge >= 0.3 is 0 Å². The molecule has 0 aromatic carbocycles. The van der Waals surface area contributed by atoms with E-state index in [1.165, 1.54) is 19.3 Å². The number of oxazole rings is 1. The molecule has 84 valence electrons. The maximum Gasteiger partial charge on any atom is 0.208 e. The first-order valence-electron chi connectivity index (χ1n) is 5.91. The van der Waals surface area contributed by atoms with Gasteiger partial charge in [0.25, 0.3) is 0 Å². The Balaban J connectivity index is 1.80. The molecule has 0 amide bonds. The number of aromatic nitrogens is 1. The van der Waals surface area contributed by atoms with Crippen LogP contribution in [0.1, 0.15) is 44.8 Å². The molecule has 1 aliphatic rings. The Kier molecular flexibility index (Phi) is 3.41. The number of nitrogens with zero attached hydrogens (tertiary/aromatic N) is 1. The summed E-state index contributed by atoms with van der Waals surface area (Å²) < 4.78 is 5.67. The van der Waals surface area contributed by atoms with Crippen LogP contribution in [0, 0.1) is 5.92 Å². The Labute approximate surface area is 91.3 Å². The Morgan fingerprint density at radius 1 is 1.53 bits per heavy atom. The van der Waals surface area contributed by atoms with E-state index in [2.05, 4.69) is 24.1 Å². The van der Waals surface area contributed by atoms with Crippen LogP contribution in [-0.4, -0.2) is 11.0 Å². The van der Waals surface area contributed by atoms with Crippen LogP contribution in [0.2, 0.25) is 0 Å². The van der Waals surface area contributed by atoms with E-state index in [1.807, 2.05) is 6.20 Å². The SMILES string of the molecule is CC(C)NCc1ncc(CC2CCC2)o1. The quantitative estimate of drug-likeness (QED) is 0.808. The first kappa shape index (κ1) is 10.7. The van der Waals surface area contributed by atoms with Gasteiger partial charge in [0.2, 0.25) is 5.89 Å². The maximum atomic E-state index is 5.67. The number of hydrogen-bond acceptors (Lipinski definition) is 3. The van der Waals surface area contributed by atoms with Crippen molar-refractivity contribution in [2.24, 2.45) is 5.92 Å². The van der Waals surface area contributed by atoms with Crippen LogP contribution in [-0.2, 0) is 13.0 Å². The monoisotopic (exact) mass is 208 g/mol. The Bertz CT molecular complexity index is 302. The van der Waals surface area contributed by atoms with Crippen LogP contribution in [0.4, 0.5) is 0 Å². The van der Waals surface area contributed by atoms with Gasteiger partial charge in [-0.15, -0.1) is 0 Å². The van der Waals surface area contributed by atoms with Crippen LogP contribution in [0.25, 0.3) is 0 Å². The lowest BCUT2D eigenvalue weighted by molar-refractivity contribution is 0.290. The zero-order chi connectivity index (χ0) is 10.7. The molecule has 0 saturated heterocycles. The highest BCUT2D eigenvalue weighted by Gasteiger charge is 2.19. The van der Waals surface area contributed by atoms with E-state index in [0.717, 1.165) is 30.5 Å². The van der Waals surface area contributed by atoms with Crippen molar-refractivity contribution in [1.82, 2.24) is 10.3 Å². The lowest BCUT2D eigenvalue weighted by atomic mass is 9.82. The van der Waals surface area contributed by atoms with Gasteiger partial charge in [0.15, 0.2) is 0 Å². The molecule has 0 aliphatic heterocycles. The minimum atomic E-state index is 0.479. The van der Waals surface area contributed by atoms with E-state index in [1.54, 1.807) is 0 Å². The van der Waals surface area contributed by atoms with E-state index in [-0.39, 0.29) is 0 Å². The Morgan fingerprint density at radius 2 is 2.33 bits per heavy atom. The molecule has 0 atom stereocenters. The predicted octanol–water partition coefficient (Wildman–Crippen LogP) is 2.52.